The van der Waals surface area contributed by atoms with Crippen molar-refractivity contribution >= 4 is 61.9 Å². The number of hydrogen-bond donors (Lipinski definition) is 1. The van der Waals surface area contributed by atoms with Gasteiger partial charge in [-0.05, 0) is 96.0 Å². The number of urea groups is 1. The highest BCUT2D eigenvalue weighted by atomic mass is 35.5. The van der Waals surface area contributed by atoms with Crippen LogP contribution in [-0.4, -0.2) is 51.1 Å². The number of carbonyl (C=O) groups excluding carboxylic acids is 2. The van der Waals surface area contributed by atoms with Crippen molar-refractivity contribution in [1.29, 1.82) is 0 Å². The Bertz CT molecular complexity index is 1990. The van der Waals surface area contributed by atoms with E-state index in [1.165, 1.54) is 0 Å². The van der Waals surface area contributed by atoms with Gasteiger partial charge in [0.15, 0.2) is 11.9 Å². The molecule has 1 saturated heterocycles. The number of benzene rings is 3. The van der Waals surface area contributed by atoms with Gasteiger partial charge in [-0.3, -0.25) is 9.58 Å². The van der Waals surface area contributed by atoms with E-state index in [4.69, 9.17) is 31.2 Å². The van der Waals surface area contributed by atoms with Crippen molar-refractivity contribution in [2.45, 2.75) is 65.7 Å². The highest BCUT2D eigenvalue weighted by Crippen LogP contribution is 2.45. The summed E-state index contributed by atoms with van der Waals surface area (Å²) >= 11 is 7.85. The maximum Gasteiger partial charge on any atom is 0.339 e. The van der Waals surface area contributed by atoms with E-state index in [9.17, 15) is 9.59 Å². The first kappa shape index (κ1) is 32.0. The number of aromatic nitrogens is 3. The molecule has 3 aromatic carbocycles. The summed E-state index contributed by atoms with van der Waals surface area (Å²) in [5.74, 6) is 0.170. The van der Waals surface area contributed by atoms with E-state index in [0.717, 1.165) is 53.9 Å². The van der Waals surface area contributed by atoms with Crippen molar-refractivity contribution < 1.29 is 19.1 Å². The molecule has 1 atom stereocenters. The van der Waals surface area contributed by atoms with Gasteiger partial charge in [-0.2, -0.15) is 5.10 Å². The number of carbonyl (C=O) groups is 2. The fraction of sp³-hybridized carbons (Fsp3) is 0.371. The van der Waals surface area contributed by atoms with E-state index < -0.39 is 17.7 Å². The zero-order chi connectivity index (χ0) is 33.1. The van der Waals surface area contributed by atoms with Crippen LogP contribution < -0.4 is 10.2 Å². The summed E-state index contributed by atoms with van der Waals surface area (Å²) in [6.45, 7) is 14.3. The summed E-state index contributed by atoms with van der Waals surface area (Å²) in [5.41, 5.74) is 4.99. The first-order chi connectivity index (χ1) is 21.7. The smallest absolute Gasteiger partial charge is 0.339 e. The molecule has 9 nitrogen and oxygen atoms in total. The Morgan fingerprint density at radius 1 is 1.13 bits per heavy atom. The largest absolute Gasteiger partial charge is 0.464 e. The zero-order valence-corrected chi connectivity index (χ0v) is 28.9. The first-order valence-electron chi connectivity index (χ1n) is 15.3. The van der Waals surface area contributed by atoms with Gasteiger partial charge in [0.25, 0.3) is 0 Å². The minimum atomic E-state index is -0.953. The summed E-state index contributed by atoms with van der Waals surface area (Å²) in [7, 11) is 1.88. The van der Waals surface area contributed by atoms with Crippen LogP contribution in [0, 0.1) is 6.92 Å². The van der Waals surface area contributed by atoms with Crippen LogP contribution in [0.5, 0.6) is 0 Å². The number of thiazole rings is 1. The lowest BCUT2D eigenvalue weighted by Crippen LogP contribution is -2.36. The van der Waals surface area contributed by atoms with Crippen molar-refractivity contribution in [1.82, 2.24) is 20.1 Å². The molecule has 11 heteroatoms. The molecule has 3 heterocycles. The van der Waals surface area contributed by atoms with Crippen LogP contribution in [-0.2, 0) is 21.3 Å². The third-order valence-electron chi connectivity index (χ3n) is 7.87. The minimum absolute atomic E-state index is 0.167. The molecule has 240 valence electrons. The molecule has 0 radical (unpaired) electrons. The van der Waals surface area contributed by atoms with Gasteiger partial charge >= 0.3 is 12.0 Å². The van der Waals surface area contributed by atoms with Crippen LogP contribution in [0.3, 0.4) is 0 Å². The van der Waals surface area contributed by atoms with E-state index in [-0.39, 0.29) is 18.2 Å². The summed E-state index contributed by atoms with van der Waals surface area (Å²) in [6, 6.07) is 15.5. The van der Waals surface area contributed by atoms with E-state index in [2.05, 4.69) is 5.32 Å². The fourth-order valence-electron chi connectivity index (χ4n) is 5.99. The number of hydrogen-bond acceptors (Lipinski definition) is 7. The molecule has 0 aliphatic carbocycles. The van der Waals surface area contributed by atoms with Crippen LogP contribution in [0.15, 0.2) is 48.5 Å². The van der Waals surface area contributed by atoms with E-state index in [0.29, 0.717) is 17.4 Å². The number of ether oxygens (including phenoxy) is 2. The molecule has 1 aliphatic heterocycles. The maximum absolute atomic E-state index is 13.5. The lowest BCUT2D eigenvalue weighted by Gasteiger charge is -2.29. The zero-order valence-electron chi connectivity index (χ0n) is 27.3. The number of aryl methyl sites for hydroxylation is 2. The van der Waals surface area contributed by atoms with Crippen LogP contribution in [0.1, 0.15) is 58.8 Å². The Labute approximate surface area is 277 Å². The second kappa shape index (κ2) is 11.7. The Balaban J connectivity index is 1.56. The van der Waals surface area contributed by atoms with Crippen LogP contribution >= 0.6 is 22.9 Å². The monoisotopic (exact) mass is 659 g/mol. The molecule has 2 aromatic heterocycles. The molecular weight excluding hydrogens is 622 g/mol. The molecule has 0 unspecified atom stereocenters. The quantitative estimate of drug-likeness (QED) is 0.177. The Kier molecular flexibility index (Phi) is 8.11. The van der Waals surface area contributed by atoms with Gasteiger partial charge in [-0.15, -0.1) is 11.3 Å². The first-order valence-corrected chi connectivity index (χ1v) is 16.5. The third kappa shape index (κ3) is 5.97. The topological polar surface area (TPSA) is 98.6 Å². The van der Waals surface area contributed by atoms with Crippen LogP contribution in [0.2, 0.25) is 5.02 Å². The molecule has 1 N–H and O–H groups in total. The number of amides is 2. The predicted molar refractivity (Wildman–Crippen MR) is 185 cm³/mol. The van der Waals surface area contributed by atoms with E-state index in [1.54, 1.807) is 27.8 Å². The number of nitrogens with one attached hydrogen (secondary N) is 1. The van der Waals surface area contributed by atoms with Gasteiger partial charge in [-0.1, -0.05) is 23.7 Å². The van der Waals surface area contributed by atoms with Crippen molar-refractivity contribution in [3.05, 3.63) is 64.7 Å². The SMILES string of the molecule is CCOC(=O)[C@@H](OC(C)(C)C)c1c(C)cc2nc(-c3ccc4c(c3)c(N3CC(C)(C)NC3=O)nn4C)sc2c1-c1ccc(Cl)cc1. The second-order valence-corrected chi connectivity index (χ2v) is 14.7. The highest BCUT2D eigenvalue weighted by molar-refractivity contribution is 7.22. The Morgan fingerprint density at radius 2 is 1.83 bits per heavy atom. The molecule has 46 heavy (non-hydrogen) atoms. The number of fused-ring (bicyclic) bond motifs is 2. The van der Waals surface area contributed by atoms with Crippen molar-refractivity contribution in [3.63, 3.8) is 0 Å². The number of anilines is 1. The number of rotatable bonds is 7. The molecule has 0 spiro atoms. The lowest BCUT2D eigenvalue weighted by atomic mass is 9.91. The lowest BCUT2D eigenvalue weighted by molar-refractivity contribution is -0.166. The van der Waals surface area contributed by atoms with Crippen LogP contribution in [0.25, 0.3) is 42.8 Å². The van der Waals surface area contributed by atoms with Gasteiger partial charge in [0.2, 0.25) is 0 Å². The van der Waals surface area contributed by atoms with Crippen molar-refractivity contribution in [2.24, 2.45) is 7.05 Å². The summed E-state index contributed by atoms with van der Waals surface area (Å²) in [4.78, 5) is 33.2. The summed E-state index contributed by atoms with van der Waals surface area (Å²) < 4.78 is 14.7. The average molecular weight is 660 g/mol. The number of esters is 1. The second-order valence-electron chi connectivity index (χ2n) is 13.3. The van der Waals surface area contributed by atoms with Gasteiger partial charge in [0.1, 0.15) is 5.01 Å². The van der Waals surface area contributed by atoms with E-state index in [1.807, 2.05) is 97.1 Å². The third-order valence-corrected chi connectivity index (χ3v) is 9.26. The molecule has 2 amide bonds. The molecule has 0 bridgehead atoms. The average Bonchev–Trinajstić information content (AvgIpc) is 3.63. The normalized spacial score (nSPS) is 15.5. The van der Waals surface area contributed by atoms with Gasteiger partial charge in [-0.25, -0.2) is 14.6 Å². The van der Waals surface area contributed by atoms with Crippen LogP contribution in [0.4, 0.5) is 10.6 Å². The van der Waals surface area contributed by atoms with Crippen molar-refractivity contribution in [2.75, 3.05) is 18.1 Å². The van der Waals surface area contributed by atoms with Crippen molar-refractivity contribution in [3.8, 4) is 21.7 Å². The Hall–Kier alpha value is -3.99. The molecule has 6 rings (SSSR count). The standard InChI is InChI=1S/C35H38ClN5O4S/c1-9-44-32(42)28(45-34(3,4)5)26-19(2)16-24-29(27(26)20-10-13-22(36)14-11-20)46-31(37-24)21-12-15-25-23(17-21)30(39-40(25)8)41-18-35(6,7)38-33(41)43/h10-17,28H,9,18H2,1-8H3,(H,38,43)/t28-/m0/s1. The van der Waals surface area contributed by atoms with E-state index >= 15 is 0 Å². The molecule has 1 aliphatic rings. The Morgan fingerprint density at radius 3 is 2.46 bits per heavy atom. The predicted octanol–water partition coefficient (Wildman–Crippen LogP) is 8.21. The molecular formula is C35H38ClN5O4S. The maximum atomic E-state index is 13.5. The highest BCUT2D eigenvalue weighted by Gasteiger charge is 2.38. The van der Waals surface area contributed by atoms with Gasteiger partial charge < -0.3 is 14.8 Å². The minimum Gasteiger partial charge on any atom is -0.464 e. The molecule has 1 fully saturated rings. The van der Waals surface area contributed by atoms with Gasteiger partial charge in [0.05, 0.1) is 40.0 Å². The number of nitrogens with zero attached hydrogens (tertiary/aromatic N) is 4. The number of halogens is 1. The summed E-state index contributed by atoms with van der Waals surface area (Å²) in [5, 5.41) is 10.0. The fourth-order valence-corrected chi connectivity index (χ4v) is 7.23. The molecule has 0 saturated carbocycles. The molecule has 5 aromatic rings. The summed E-state index contributed by atoms with van der Waals surface area (Å²) in [6.07, 6.45) is -0.953. The van der Waals surface area contributed by atoms with Gasteiger partial charge in [0, 0.05) is 34.1 Å².